The Hall–Kier alpha value is -2.11. The van der Waals surface area contributed by atoms with Gasteiger partial charge in [0.2, 0.25) is 0 Å². The second kappa shape index (κ2) is 2.99. The maximum Gasteiger partial charge on any atom is 0.341 e. The number of fused-ring (bicyclic) bond motifs is 1. The molecule has 0 saturated carbocycles. The number of H-pyrrole nitrogens is 2. The summed E-state index contributed by atoms with van der Waals surface area (Å²) >= 11 is 0. The Labute approximate surface area is 77.9 Å². The number of hydrogen-bond donors (Lipinski definition) is 2. The molecule has 14 heavy (non-hydrogen) atoms. The summed E-state index contributed by atoms with van der Waals surface area (Å²) in [7, 11) is 1.27. The van der Waals surface area contributed by atoms with E-state index >= 15 is 0 Å². The first-order valence-electron chi connectivity index (χ1n) is 3.86. The molecule has 0 bridgehead atoms. The van der Waals surface area contributed by atoms with E-state index in [4.69, 9.17) is 0 Å². The third-order valence-electron chi connectivity index (χ3n) is 1.84. The van der Waals surface area contributed by atoms with Crippen LogP contribution in [-0.2, 0) is 4.74 Å². The van der Waals surface area contributed by atoms with Crippen LogP contribution in [0.1, 0.15) is 10.4 Å². The maximum atomic E-state index is 11.2. The normalized spacial score (nSPS) is 10.4. The van der Waals surface area contributed by atoms with E-state index in [-0.39, 0.29) is 11.3 Å². The summed E-state index contributed by atoms with van der Waals surface area (Å²) in [6.45, 7) is 0. The summed E-state index contributed by atoms with van der Waals surface area (Å²) in [6, 6.07) is 0. The predicted molar refractivity (Wildman–Crippen MR) is 48.1 cm³/mol. The number of nitrogens with one attached hydrogen (secondary N) is 2. The minimum absolute atomic E-state index is 0.239. The molecular formula is C8H7N3O3. The number of nitrogens with zero attached hydrogens (tertiary/aromatic N) is 1. The lowest BCUT2D eigenvalue weighted by Crippen LogP contribution is -2.04. The van der Waals surface area contributed by atoms with Gasteiger partial charge < -0.3 is 14.7 Å². The first-order chi connectivity index (χ1) is 6.72. The molecule has 2 N–H and O–H groups in total. The molecule has 0 aliphatic carbocycles. The van der Waals surface area contributed by atoms with Crippen molar-refractivity contribution in [2.24, 2.45) is 0 Å². The molecule has 0 radical (unpaired) electrons. The molecule has 0 spiro atoms. The summed E-state index contributed by atoms with van der Waals surface area (Å²) in [4.78, 5) is 31.0. The Kier molecular flexibility index (Phi) is 1.81. The Bertz CT molecular complexity index is 540. The van der Waals surface area contributed by atoms with Gasteiger partial charge in [-0.2, -0.15) is 0 Å². The van der Waals surface area contributed by atoms with E-state index in [1.54, 1.807) is 0 Å². The number of hydrogen-bond acceptors (Lipinski definition) is 4. The van der Waals surface area contributed by atoms with Crippen molar-refractivity contribution in [1.82, 2.24) is 15.0 Å². The Morgan fingerprint density at radius 3 is 2.93 bits per heavy atom. The molecule has 0 atom stereocenters. The van der Waals surface area contributed by atoms with E-state index in [1.165, 1.54) is 19.5 Å². The Morgan fingerprint density at radius 2 is 2.21 bits per heavy atom. The quantitative estimate of drug-likeness (QED) is 0.626. The van der Waals surface area contributed by atoms with Crippen LogP contribution >= 0.6 is 0 Å². The van der Waals surface area contributed by atoms with Crippen LogP contribution in [0.2, 0.25) is 0 Å². The Balaban J connectivity index is 2.76. The van der Waals surface area contributed by atoms with Crippen molar-refractivity contribution in [1.29, 1.82) is 0 Å². The molecule has 2 heterocycles. The molecule has 2 rings (SSSR count). The van der Waals surface area contributed by atoms with E-state index in [9.17, 15) is 9.59 Å². The van der Waals surface area contributed by atoms with E-state index in [0.717, 1.165) is 0 Å². The molecule has 2 aromatic heterocycles. The van der Waals surface area contributed by atoms with Crippen LogP contribution in [0.5, 0.6) is 0 Å². The van der Waals surface area contributed by atoms with Crippen molar-refractivity contribution in [3.8, 4) is 0 Å². The second-order valence-electron chi connectivity index (χ2n) is 2.68. The largest absolute Gasteiger partial charge is 0.465 e. The molecule has 0 fully saturated rings. The molecule has 0 aliphatic rings. The second-order valence-corrected chi connectivity index (χ2v) is 2.68. The molecule has 0 saturated heterocycles. The number of carbonyl (C=O) groups is 1. The van der Waals surface area contributed by atoms with Crippen molar-refractivity contribution < 1.29 is 9.53 Å². The van der Waals surface area contributed by atoms with Gasteiger partial charge in [0.25, 0.3) is 0 Å². The number of carbonyl (C=O) groups excluding carboxylic acids is 1. The third kappa shape index (κ3) is 1.17. The minimum atomic E-state index is -0.529. The zero-order chi connectivity index (χ0) is 10.1. The number of aromatic amines is 2. The topological polar surface area (TPSA) is 87.8 Å². The molecule has 0 unspecified atom stereocenters. The van der Waals surface area contributed by atoms with Gasteiger partial charge in [-0.3, -0.25) is 4.98 Å². The van der Waals surface area contributed by atoms with Crippen LogP contribution in [0.3, 0.4) is 0 Å². The standard InChI is InChI=1S/C8H7N3O3/c1-14-7(12)4-2-9-3-5-6(4)11-8(13)10-5/h2-3H,1H3,(H2,10,11,13). The molecule has 0 amide bonds. The van der Waals surface area contributed by atoms with Crippen LogP contribution in [0.15, 0.2) is 17.2 Å². The summed E-state index contributed by atoms with van der Waals surface area (Å²) in [5, 5.41) is 0. The van der Waals surface area contributed by atoms with Crippen molar-refractivity contribution in [3.63, 3.8) is 0 Å². The molecule has 2 aromatic rings. The van der Waals surface area contributed by atoms with E-state index in [1.807, 2.05) is 0 Å². The number of imidazole rings is 1. The van der Waals surface area contributed by atoms with Crippen molar-refractivity contribution in [3.05, 3.63) is 28.4 Å². The highest BCUT2D eigenvalue weighted by atomic mass is 16.5. The molecule has 0 aliphatic heterocycles. The molecular weight excluding hydrogens is 186 g/mol. The maximum absolute atomic E-state index is 11.2. The fourth-order valence-electron chi connectivity index (χ4n) is 1.22. The lowest BCUT2D eigenvalue weighted by atomic mass is 10.2. The number of aromatic nitrogens is 3. The first-order valence-corrected chi connectivity index (χ1v) is 3.86. The van der Waals surface area contributed by atoms with Gasteiger partial charge in [-0.15, -0.1) is 0 Å². The number of ether oxygens (including phenoxy) is 1. The average Bonchev–Trinajstić information content (AvgIpc) is 2.56. The zero-order valence-electron chi connectivity index (χ0n) is 7.33. The van der Waals surface area contributed by atoms with Crippen molar-refractivity contribution in [2.75, 3.05) is 7.11 Å². The number of methoxy groups -OCH3 is 1. The van der Waals surface area contributed by atoms with Gasteiger partial charge in [0.05, 0.1) is 24.3 Å². The fraction of sp³-hybridized carbons (Fsp3) is 0.125. The van der Waals surface area contributed by atoms with Gasteiger partial charge >= 0.3 is 11.7 Å². The van der Waals surface area contributed by atoms with Crippen molar-refractivity contribution >= 4 is 17.0 Å². The van der Waals surface area contributed by atoms with Gasteiger partial charge in [-0.1, -0.05) is 0 Å². The van der Waals surface area contributed by atoms with Gasteiger partial charge in [0, 0.05) is 6.20 Å². The zero-order valence-corrected chi connectivity index (χ0v) is 7.33. The highest BCUT2D eigenvalue weighted by molar-refractivity contribution is 6.01. The number of pyridine rings is 1. The predicted octanol–water partition coefficient (Wildman–Crippen LogP) is 0.0378. The van der Waals surface area contributed by atoms with Crippen LogP contribution in [0.4, 0.5) is 0 Å². The van der Waals surface area contributed by atoms with E-state index < -0.39 is 5.97 Å². The first kappa shape index (κ1) is 8.49. The van der Waals surface area contributed by atoms with Gasteiger partial charge in [-0.05, 0) is 0 Å². The molecule has 0 aromatic carbocycles. The highest BCUT2D eigenvalue weighted by Crippen LogP contribution is 2.11. The smallest absolute Gasteiger partial charge is 0.341 e. The molecule has 6 nitrogen and oxygen atoms in total. The van der Waals surface area contributed by atoms with E-state index in [0.29, 0.717) is 11.0 Å². The monoisotopic (exact) mass is 193 g/mol. The van der Waals surface area contributed by atoms with Crippen LogP contribution < -0.4 is 5.69 Å². The van der Waals surface area contributed by atoms with Gasteiger partial charge in [-0.25, -0.2) is 9.59 Å². The summed E-state index contributed by atoms with van der Waals surface area (Å²) < 4.78 is 4.54. The minimum Gasteiger partial charge on any atom is -0.465 e. The molecule has 6 heteroatoms. The van der Waals surface area contributed by atoms with Crippen LogP contribution in [0.25, 0.3) is 11.0 Å². The number of esters is 1. The lowest BCUT2D eigenvalue weighted by molar-refractivity contribution is 0.0602. The van der Waals surface area contributed by atoms with Crippen molar-refractivity contribution in [2.45, 2.75) is 0 Å². The van der Waals surface area contributed by atoms with E-state index in [2.05, 4.69) is 19.7 Å². The van der Waals surface area contributed by atoms with Crippen LogP contribution in [0, 0.1) is 0 Å². The third-order valence-corrected chi connectivity index (χ3v) is 1.84. The van der Waals surface area contributed by atoms with Gasteiger partial charge in [0.1, 0.15) is 5.56 Å². The molecule has 72 valence electrons. The lowest BCUT2D eigenvalue weighted by Gasteiger charge is -1.98. The number of rotatable bonds is 1. The fourth-order valence-corrected chi connectivity index (χ4v) is 1.22. The highest BCUT2D eigenvalue weighted by Gasteiger charge is 2.12. The Morgan fingerprint density at radius 1 is 1.43 bits per heavy atom. The SMILES string of the molecule is COC(=O)c1cncc2[nH]c(=O)[nH]c12. The summed E-state index contributed by atoms with van der Waals surface area (Å²) in [5.41, 5.74) is 0.760. The average molecular weight is 193 g/mol. The van der Waals surface area contributed by atoms with Gasteiger partial charge in [0.15, 0.2) is 0 Å². The summed E-state index contributed by atoms with van der Waals surface area (Å²) in [6.07, 6.45) is 2.80. The van der Waals surface area contributed by atoms with Crippen LogP contribution in [-0.4, -0.2) is 28.0 Å². The summed E-state index contributed by atoms with van der Waals surface area (Å²) in [5.74, 6) is -0.529.